The van der Waals surface area contributed by atoms with Gasteiger partial charge in [0.2, 0.25) is 0 Å². The molecule has 3 aromatic carbocycles. The monoisotopic (exact) mass is 678 g/mol. The van der Waals surface area contributed by atoms with E-state index >= 15 is 0 Å². The molecule has 1 aliphatic rings. The highest BCUT2D eigenvalue weighted by molar-refractivity contribution is 7.86. The molecule has 0 aromatic heterocycles. The van der Waals surface area contributed by atoms with Gasteiger partial charge in [-0.1, -0.05) is 91.0 Å². The SMILES string of the molecule is CC1(C)OC[C@H]([C@H](OS(C)(=O)=O)[C@@H](OCc2ccccc2)[C@H](OCc2ccccc2)[C@H](COCc2ccccc2)OS(C)(=O)=O)O1. The predicted octanol–water partition coefficient (Wildman–Crippen LogP) is 4.22. The highest BCUT2D eigenvalue weighted by Gasteiger charge is 2.49. The summed E-state index contributed by atoms with van der Waals surface area (Å²) in [7, 11) is -8.18. The van der Waals surface area contributed by atoms with Crippen LogP contribution in [0, 0.1) is 0 Å². The third-order valence-corrected chi connectivity index (χ3v) is 8.13. The predicted molar refractivity (Wildman–Crippen MR) is 170 cm³/mol. The quantitative estimate of drug-likeness (QED) is 0.179. The van der Waals surface area contributed by atoms with Crippen molar-refractivity contribution in [1.29, 1.82) is 0 Å². The standard InChI is InChI=1S/C33H42O11S2/c1-33(2)41-24-28(42-33)31(44-46(4,36)37)32(40-22-27-18-12-7-13-19-27)30(39-21-26-16-10-6-11-17-26)29(43-45(3,34)35)23-38-20-25-14-8-5-9-15-25/h5-19,28-32H,20-24H2,1-4H3/t28-,29+,30-,31+,32+/m1/s1. The molecule has 3 aromatic rings. The Kier molecular flexibility index (Phi) is 12.9. The van der Waals surface area contributed by atoms with Crippen molar-refractivity contribution in [3.63, 3.8) is 0 Å². The van der Waals surface area contributed by atoms with Crippen LogP contribution in [0.5, 0.6) is 0 Å². The highest BCUT2D eigenvalue weighted by Crippen LogP contribution is 2.32. The fourth-order valence-corrected chi connectivity index (χ4v) is 6.25. The largest absolute Gasteiger partial charge is 0.374 e. The van der Waals surface area contributed by atoms with Gasteiger partial charge in [-0.15, -0.1) is 0 Å². The topological polar surface area (TPSA) is 133 Å². The minimum absolute atomic E-state index is 0.00770. The van der Waals surface area contributed by atoms with Crippen molar-refractivity contribution in [3.8, 4) is 0 Å². The zero-order valence-electron chi connectivity index (χ0n) is 26.4. The van der Waals surface area contributed by atoms with E-state index in [1.807, 2.05) is 91.0 Å². The summed E-state index contributed by atoms with van der Waals surface area (Å²) in [6.45, 7) is 3.30. The van der Waals surface area contributed by atoms with E-state index in [-0.39, 0.29) is 33.0 Å². The van der Waals surface area contributed by atoms with Gasteiger partial charge in [0.15, 0.2) is 5.79 Å². The molecule has 0 aliphatic carbocycles. The van der Waals surface area contributed by atoms with Crippen LogP contribution in [-0.4, -0.2) is 78.9 Å². The lowest BCUT2D eigenvalue weighted by Crippen LogP contribution is -2.55. The Bertz CT molecular complexity index is 1550. The van der Waals surface area contributed by atoms with E-state index in [0.29, 0.717) is 0 Å². The molecule has 0 N–H and O–H groups in total. The summed E-state index contributed by atoms with van der Waals surface area (Å²) in [6, 6.07) is 27.8. The molecule has 46 heavy (non-hydrogen) atoms. The summed E-state index contributed by atoms with van der Waals surface area (Å²) < 4.78 is 92.7. The van der Waals surface area contributed by atoms with Crippen molar-refractivity contribution < 1.29 is 48.9 Å². The second kappa shape index (κ2) is 16.4. The minimum atomic E-state index is -4.10. The molecule has 0 radical (unpaired) electrons. The average molecular weight is 679 g/mol. The first-order valence-corrected chi connectivity index (χ1v) is 18.4. The Morgan fingerprint density at radius 3 is 1.59 bits per heavy atom. The van der Waals surface area contributed by atoms with Crippen LogP contribution in [0.1, 0.15) is 30.5 Å². The van der Waals surface area contributed by atoms with Gasteiger partial charge >= 0.3 is 0 Å². The van der Waals surface area contributed by atoms with Gasteiger partial charge in [-0.25, -0.2) is 0 Å². The Morgan fingerprint density at radius 1 is 0.696 bits per heavy atom. The van der Waals surface area contributed by atoms with Crippen LogP contribution < -0.4 is 0 Å². The first-order chi connectivity index (χ1) is 21.8. The van der Waals surface area contributed by atoms with Gasteiger partial charge in [-0.2, -0.15) is 16.8 Å². The van der Waals surface area contributed by atoms with E-state index in [1.165, 1.54) is 0 Å². The van der Waals surface area contributed by atoms with Gasteiger partial charge in [-0.05, 0) is 30.5 Å². The molecule has 0 bridgehead atoms. The van der Waals surface area contributed by atoms with Crippen LogP contribution in [0.15, 0.2) is 91.0 Å². The van der Waals surface area contributed by atoms with Gasteiger partial charge < -0.3 is 23.7 Å². The van der Waals surface area contributed by atoms with Crippen LogP contribution in [0.25, 0.3) is 0 Å². The summed E-state index contributed by atoms with van der Waals surface area (Å²) in [6.07, 6.45) is -4.21. The molecule has 1 heterocycles. The minimum Gasteiger partial charge on any atom is -0.374 e. The molecule has 252 valence electrons. The summed E-state index contributed by atoms with van der Waals surface area (Å²) in [5.74, 6) is -1.05. The third-order valence-electron chi connectivity index (χ3n) is 6.96. The third kappa shape index (κ3) is 12.1. The van der Waals surface area contributed by atoms with E-state index in [2.05, 4.69) is 0 Å². The van der Waals surface area contributed by atoms with E-state index in [0.717, 1.165) is 29.2 Å². The average Bonchev–Trinajstić information content (AvgIpc) is 3.37. The lowest BCUT2D eigenvalue weighted by atomic mass is 9.98. The lowest BCUT2D eigenvalue weighted by molar-refractivity contribution is -0.195. The maximum atomic E-state index is 12.7. The van der Waals surface area contributed by atoms with E-state index in [1.54, 1.807) is 13.8 Å². The zero-order chi connectivity index (χ0) is 33.2. The van der Waals surface area contributed by atoms with Gasteiger partial charge in [0.25, 0.3) is 20.2 Å². The van der Waals surface area contributed by atoms with Gasteiger partial charge in [0.1, 0.15) is 30.5 Å². The Morgan fingerprint density at radius 2 is 1.15 bits per heavy atom. The molecule has 1 saturated heterocycles. The van der Waals surface area contributed by atoms with Crippen molar-refractivity contribution in [1.82, 2.24) is 0 Å². The molecule has 4 rings (SSSR count). The zero-order valence-corrected chi connectivity index (χ0v) is 28.0. The molecule has 1 fully saturated rings. The van der Waals surface area contributed by atoms with Crippen LogP contribution in [-0.2, 0) is 72.1 Å². The van der Waals surface area contributed by atoms with E-state index in [4.69, 9.17) is 32.1 Å². The Labute approximate surface area is 271 Å². The maximum Gasteiger partial charge on any atom is 0.264 e. The molecular weight excluding hydrogens is 636 g/mol. The normalized spacial score (nSPS) is 19.3. The smallest absolute Gasteiger partial charge is 0.264 e. The fourth-order valence-electron chi connectivity index (χ4n) is 5.00. The van der Waals surface area contributed by atoms with Crippen molar-refractivity contribution in [3.05, 3.63) is 108 Å². The van der Waals surface area contributed by atoms with Crippen molar-refractivity contribution in [2.45, 2.75) is 70.0 Å². The second-order valence-corrected chi connectivity index (χ2v) is 14.7. The Balaban J connectivity index is 1.76. The first-order valence-electron chi connectivity index (χ1n) is 14.8. The van der Waals surface area contributed by atoms with Gasteiger partial charge in [-0.3, -0.25) is 8.37 Å². The second-order valence-electron chi connectivity index (χ2n) is 11.5. The summed E-state index contributed by atoms with van der Waals surface area (Å²) in [5, 5.41) is 0. The molecule has 5 atom stereocenters. The molecule has 13 heteroatoms. The molecule has 0 spiro atoms. The molecule has 0 unspecified atom stereocenters. The summed E-state index contributed by atoms with van der Waals surface area (Å²) >= 11 is 0. The molecule has 1 aliphatic heterocycles. The first kappa shape index (κ1) is 36.1. The maximum absolute atomic E-state index is 12.7. The molecule has 0 amide bonds. The van der Waals surface area contributed by atoms with E-state index < -0.39 is 56.5 Å². The fraction of sp³-hybridized carbons (Fsp3) is 0.455. The number of hydrogen-bond acceptors (Lipinski definition) is 11. The summed E-state index contributed by atoms with van der Waals surface area (Å²) in [5.41, 5.74) is 2.41. The highest BCUT2D eigenvalue weighted by atomic mass is 32.2. The Hall–Kier alpha value is -2.72. The molecule has 0 saturated carbocycles. The number of benzene rings is 3. The van der Waals surface area contributed by atoms with Crippen LogP contribution >= 0.6 is 0 Å². The van der Waals surface area contributed by atoms with Crippen LogP contribution in [0.3, 0.4) is 0 Å². The van der Waals surface area contributed by atoms with Crippen LogP contribution in [0.2, 0.25) is 0 Å². The van der Waals surface area contributed by atoms with Crippen molar-refractivity contribution in [2.24, 2.45) is 0 Å². The van der Waals surface area contributed by atoms with Gasteiger partial charge in [0.05, 0.1) is 45.5 Å². The van der Waals surface area contributed by atoms with E-state index in [9.17, 15) is 16.8 Å². The molecule has 11 nitrogen and oxygen atoms in total. The number of hydrogen-bond donors (Lipinski definition) is 0. The van der Waals surface area contributed by atoms with Crippen molar-refractivity contribution in [2.75, 3.05) is 25.7 Å². The lowest BCUT2D eigenvalue weighted by Gasteiger charge is -2.38. The van der Waals surface area contributed by atoms with Crippen LogP contribution in [0.4, 0.5) is 0 Å². The molecular formula is C33H42O11S2. The number of rotatable bonds is 18. The number of ether oxygens (including phenoxy) is 5. The van der Waals surface area contributed by atoms with Crippen molar-refractivity contribution >= 4 is 20.2 Å². The summed E-state index contributed by atoms with van der Waals surface area (Å²) in [4.78, 5) is 0. The van der Waals surface area contributed by atoms with Gasteiger partial charge in [0, 0.05) is 0 Å².